The number of nitrogens with zero attached hydrogens (tertiary/aromatic N) is 3. The molecule has 1 heterocycles. The van der Waals surface area contributed by atoms with Gasteiger partial charge in [-0.2, -0.15) is 0 Å². The molecule has 0 atom stereocenters. The van der Waals surface area contributed by atoms with Crippen LogP contribution in [0.25, 0.3) is 94.9 Å². The van der Waals surface area contributed by atoms with Gasteiger partial charge in [0.1, 0.15) is 5.82 Å². The van der Waals surface area contributed by atoms with E-state index in [9.17, 15) is 0 Å². The molecule has 3 heteroatoms. The molecule has 0 N–H and O–H groups in total. The molecule has 0 saturated heterocycles. The number of para-hydroxylation sites is 2. The molecule has 0 aliphatic carbocycles. The summed E-state index contributed by atoms with van der Waals surface area (Å²) in [5, 5.41) is 0. The molecular weight excluding hydrogens is 847 g/mol. The Bertz CT molecular complexity index is 3480. The summed E-state index contributed by atoms with van der Waals surface area (Å²) >= 11 is 0. The van der Waals surface area contributed by atoms with E-state index in [2.05, 4.69) is 295 Å². The second-order valence-electron chi connectivity index (χ2n) is 17.6. The zero-order valence-corrected chi connectivity index (χ0v) is 38.5. The third-order valence-electron chi connectivity index (χ3n) is 13.1. The molecule has 0 spiro atoms. The zero-order valence-electron chi connectivity index (χ0n) is 38.5. The predicted octanol–water partition coefficient (Wildman–Crippen LogP) is 18.2. The summed E-state index contributed by atoms with van der Waals surface area (Å²) in [6, 6.07) is 102. The fraction of sp³-hybridized carbons (Fsp3) is 0. The lowest BCUT2D eigenvalue weighted by molar-refractivity contribution is 1.10. The number of fused-ring (bicyclic) bond motifs is 1. The summed E-state index contributed by atoms with van der Waals surface area (Å²) in [6.07, 6.45) is 0. The Balaban J connectivity index is 1.01. The molecule has 1 aromatic heterocycles. The molecule has 12 aromatic rings. The van der Waals surface area contributed by atoms with E-state index in [4.69, 9.17) is 4.98 Å². The molecule has 12 rings (SSSR count). The molecule has 0 fully saturated rings. The van der Waals surface area contributed by atoms with Crippen molar-refractivity contribution in [1.82, 2.24) is 9.55 Å². The van der Waals surface area contributed by atoms with E-state index in [1.165, 1.54) is 22.3 Å². The first-order valence-corrected chi connectivity index (χ1v) is 23.9. The quantitative estimate of drug-likeness (QED) is 0.129. The van der Waals surface area contributed by atoms with Crippen LogP contribution < -0.4 is 4.90 Å². The van der Waals surface area contributed by atoms with E-state index in [-0.39, 0.29) is 0 Å². The summed E-state index contributed by atoms with van der Waals surface area (Å²) < 4.78 is 2.31. The predicted molar refractivity (Wildman–Crippen MR) is 294 cm³/mol. The first-order valence-electron chi connectivity index (χ1n) is 23.9. The third-order valence-corrected chi connectivity index (χ3v) is 13.1. The SMILES string of the molecule is c1ccc(-c2cc(-c3ccccc3)cc(N(c3ccc(-c4cccc(-c5cccc6nc(-c7ccccc7)n(-c7ccccc7)c56)c4)cc3)c3cc(-c4ccccc4)cc(-c4ccccc4)c3)c2)cc1. The molecule has 330 valence electrons. The number of benzene rings is 11. The lowest BCUT2D eigenvalue weighted by atomic mass is 9.95. The maximum Gasteiger partial charge on any atom is 0.145 e. The molecule has 0 saturated carbocycles. The van der Waals surface area contributed by atoms with Crippen LogP contribution in [-0.4, -0.2) is 9.55 Å². The van der Waals surface area contributed by atoms with Gasteiger partial charge in [0.2, 0.25) is 0 Å². The van der Waals surface area contributed by atoms with Gasteiger partial charge in [0, 0.05) is 33.9 Å². The van der Waals surface area contributed by atoms with Gasteiger partial charge in [-0.3, -0.25) is 4.57 Å². The van der Waals surface area contributed by atoms with Crippen molar-refractivity contribution >= 4 is 28.1 Å². The standard InChI is InChI=1S/C67H47N3/c1-7-21-48(22-8-1)56-42-57(49-23-9-2-10-24-49)45-62(44-56)69(63-46-58(50-25-11-3-12-26-50)43-59(47-63)51-27-13-4-14-28-51)61-39-37-52(38-40-61)54-31-19-32-55(41-54)64-35-20-36-65-66(64)70(60-33-17-6-18-34-60)67(68-65)53-29-15-5-16-30-53/h1-47H. The van der Waals surface area contributed by atoms with Gasteiger partial charge < -0.3 is 4.90 Å². The minimum atomic E-state index is 0.918. The average molecular weight is 894 g/mol. The van der Waals surface area contributed by atoms with Crippen LogP contribution in [0.4, 0.5) is 17.1 Å². The smallest absolute Gasteiger partial charge is 0.145 e. The van der Waals surface area contributed by atoms with Crippen LogP contribution in [0.15, 0.2) is 285 Å². The molecule has 0 aliphatic rings. The van der Waals surface area contributed by atoms with E-state index in [0.717, 1.165) is 89.7 Å². The maximum atomic E-state index is 5.25. The molecule has 0 aliphatic heterocycles. The van der Waals surface area contributed by atoms with Crippen LogP contribution in [-0.2, 0) is 0 Å². The van der Waals surface area contributed by atoms with Crippen molar-refractivity contribution in [3.05, 3.63) is 285 Å². The number of aromatic nitrogens is 2. The van der Waals surface area contributed by atoms with Gasteiger partial charge in [-0.15, -0.1) is 0 Å². The lowest BCUT2D eigenvalue weighted by Crippen LogP contribution is -2.11. The van der Waals surface area contributed by atoms with Crippen molar-refractivity contribution in [1.29, 1.82) is 0 Å². The van der Waals surface area contributed by atoms with Crippen molar-refractivity contribution in [2.45, 2.75) is 0 Å². The molecule has 0 amide bonds. The second-order valence-corrected chi connectivity index (χ2v) is 17.6. The minimum absolute atomic E-state index is 0.918. The van der Waals surface area contributed by atoms with Gasteiger partial charge in [-0.25, -0.2) is 4.98 Å². The fourth-order valence-corrected chi connectivity index (χ4v) is 9.75. The molecule has 0 unspecified atom stereocenters. The lowest BCUT2D eigenvalue weighted by Gasteiger charge is -2.28. The normalized spacial score (nSPS) is 11.1. The summed E-state index contributed by atoms with van der Waals surface area (Å²) in [5.41, 5.74) is 21.1. The van der Waals surface area contributed by atoms with Crippen molar-refractivity contribution in [3.8, 4) is 83.8 Å². The van der Waals surface area contributed by atoms with Gasteiger partial charge >= 0.3 is 0 Å². The van der Waals surface area contributed by atoms with Gasteiger partial charge in [-0.1, -0.05) is 212 Å². The Labute approximate surface area is 409 Å². The van der Waals surface area contributed by atoms with Crippen molar-refractivity contribution in [3.63, 3.8) is 0 Å². The average Bonchev–Trinajstić information content (AvgIpc) is 3.85. The summed E-state index contributed by atoms with van der Waals surface area (Å²) in [4.78, 5) is 7.68. The van der Waals surface area contributed by atoms with Gasteiger partial charge in [0.25, 0.3) is 0 Å². The molecule has 70 heavy (non-hydrogen) atoms. The van der Waals surface area contributed by atoms with Crippen LogP contribution in [0.3, 0.4) is 0 Å². The number of hydrogen-bond acceptors (Lipinski definition) is 2. The van der Waals surface area contributed by atoms with E-state index in [1.54, 1.807) is 0 Å². The Morgan fingerprint density at radius 1 is 0.257 bits per heavy atom. The highest BCUT2D eigenvalue weighted by atomic mass is 15.1. The Morgan fingerprint density at radius 3 is 1.10 bits per heavy atom. The van der Waals surface area contributed by atoms with Crippen LogP contribution in [0.1, 0.15) is 0 Å². The number of hydrogen-bond donors (Lipinski definition) is 0. The number of imidazole rings is 1. The monoisotopic (exact) mass is 893 g/mol. The minimum Gasteiger partial charge on any atom is -0.310 e. The molecule has 11 aromatic carbocycles. The summed E-state index contributed by atoms with van der Waals surface area (Å²) in [5.74, 6) is 0.918. The zero-order chi connectivity index (χ0) is 46.6. The van der Waals surface area contributed by atoms with Gasteiger partial charge in [0.15, 0.2) is 0 Å². The van der Waals surface area contributed by atoms with E-state index in [0.29, 0.717) is 0 Å². The number of anilines is 3. The molecule has 3 nitrogen and oxygen atoms in total. The highest BCUT2D eigenvalue weighted by molar-refractivity contribution is 5.97. The first kappa shape index (κ1) is 42.1. The van der Waals surface area contributed by atoms with Crippen molar-refractivity contribution < 1.29 is 0 Å². The Kier molecular flexibility index (Phi) is 11.3. The summed E-state index contributed by atoms with van der Waals surface area (Å²) in [7, 11) is 0. The van der Waals surface area contributed by atoms with Gasteiger partial charge in [-0.05, 0) is 134 Å². The van der Waals surface area contributed by atoms with Gasteiger partial charge in [0.05, 0.1) is 11.0 Å². The topological polar surface area (TPSA) is 21.1 Å². The Morgan fingerprint density at radius 2 is 0.629 bits per heavy atom. The largest absolute Gasteiger partial charge is 0.310 e. The van der Waals surface area contributed by atoms with Crippen LogP contribution in [0.2, 0.25) is 0 Å². The van der Waals surface area contributed by atoms with Crippen LogP contribution in [0, 0.1) is 0 Å². The maximum absolute atomic E-state index is 5.25. The summed E-state index contributed by atoms with van der Waals surface area (Å²) in [6.45, 7) is 0. The third kappa shape index (κ3) is 8.38. The first-order chi connectivity index (χ1) is 34.7. The highest BCUT2D eigenvalue weighted by Crippen LogP contribution is 2.44. The van der Waals surface area contributed by atoms with Crippen LogP contribution in [0.5, 0.6) is 0 Å². The second kappa shape index (κ2) is 18.8. The van der Waals surface area contributed by atoms with E-state index >= 15 is 0 Å². The van der Waals surface area contributed by atoms with Crippen molar-refractivity contribution in [2.75, 3.05) is 4.90 Å². The van der Waals surface area contributed by atoms with Crippen LogP contribution >= 0.6 is 0 Å². The van der Waals surface area contributed by atoms with Crippen molar-refractivity contribution in [2.24, 2.45) is 0 Å². The van der Waals surface area contributed by atoms with E-state index < -0.39 is 0 Å². The Hall–Kier alpha value is -9.31. The molecule has 0 radical (unpaired) electrons. The van der Waals surface area contributed by atoms with E-state index in [1.807, 2.05) is 0 Å². The number of rotatable bonds is 11. The fourth-order valence-electron chi connectivity index (χ4n) is 9.75. The molecule has 0 bridgehead atoms. The highest BCUT2D eigenvalue weighted by Gasteiger charge is 2.21. The molecular formula is C67H47N3.